The smallest absolute Gasteiger partial charge is 0.424 e. The molecule has 1 aromatic carbocycles. The summed E-state index contributed by atoms with van der Waals surface area (Å²) in [6.45, 7) is 0. The Hall–Kier alpha value is -3.03. The predicted octanol–water partition coefficient (Wildman–Crippen LogP) is 3.74. The Morgan fingerprint density at radius 2 is 1.26 bits per heavy atom. The third-order valence-corrected chi connectivity index (χ3v) is 2.82. The van der Waals surface area contributed by atoms with Crippen LogP contribution in [0.25, 0.3) is 11.1 Å². The van der Waals surface area contributed by atoms with E-state index in [4.69, 9.17) is 4.74 Å². The lowest BCUT2D eigenvalue weighted by Crippen LogP contribution is -2.10. The molecule has 0 radical (unpaired) electrons. The van der Waals surface area contributed by atoms with E-state index in [-0.39, 0.29) is 6.01 Å². The first kappa shape index (κ1) is 14.9. The van der Waals surface area contributed by atoms with Gasteiger partial charge in [-0.3, -0.25) is 0 Å². The summed E-state index contributed by atoms with van der Waals surface area (Å²) in [5.74, 6) is -0.607. The van der Waals surface area contributed by atoms with E-state index in [1.165, 1.54) is 12.4 Å². The van der Waals surface area contributed by atoms with Gasteiger partial charge in [0, 0.05) is 35.9 Å². The molecular weight excluding hydrogens is 309 g/mol. The van der Waals surface area contributed by atoms with Gasteiger partial charge in [-0.15, -0.1) is 0 Å². The molecule has 0 fully saturated rings. The topological polar surface area (TPSA) is 60.8 Å². The molecule has 3 rings (SSSR count). The molecule has 0 saturated heterocycles. The number of alkyl halides is 3. The van der Waals surface area contributed by atoms with Crippen molar-refractivity contribution in [2.45, 2.75) is 6.18 Å². The molecule has 8 heteroatoms. The summed E-state index contributed by atoms with van der Waals surface area (Å²) in [6.07, 6.45) is 0.440. The van der Waals surface area contributed by atoms with Gasteiger partial charge in [0.1, 0.15) is 5.75 Å². The number of aromatic nitrogens is 4. The highest BCUT2D eigenvalue weighted by molar-refractivity contribution is 5.59. The molecule has 2 heterocycles. The van der Waals surface area contributed by atoms with Gasteiger partial charge in [0.05, 0.1) is 0 Å². The molecule has 5 nitrogen and oxygen atoms in total. The van der Waals surface area contributed by atoms with Crippen LogP contribution in [0.1, 0.15) is 5.82 Å². The first-order valence-corrected chi connectivity index (χ1v) is 6.47. The number of halogens is 3. The van der Waals surface area contributed by atoms with Crippen molar-refractivity contribution in [3.63, 3.8) is 0 Å². The van der Waals surface area contributed by atoms with E-state index < -0.39 is 12.0 Å². The van der Waals surface area contributed by atoms with E-state index in [1.54, 1.807) is 12.1 Å². The normalized spacial score (nSPS) is 11.3. The third-order valence-electron chi connectivity index (χ3n) is 2.82. The van der Waals surface area contributed by atoms with Crippen molar-refractivity contribution >= 4 is 0 Å². The zero-order valence-corrected chi connectivity index (χ0v) is 11.5. The molecule has 0 aliphatic heterocycles. The number of nitrogens with zero attached hydrogens (tertiary/aromatic N) is 4. The largest absolute Gasteiger partial charge is 0.451 e. The number of hydrogen-bond acceptors (Lipinski definition) is 5. The average molecular weight is 318 g/mol. The average Bonchev–Trinajstić information content (AvgIpc) is 2.56. The highest BCUT2D eigenvalue weighted by Crippen LogP contribution is 2.27. The van der Waals surface area contributed by atoms with Crippen LogP contribution in [0, 0.1) is 0 Å². The van der Waals surface area contributed by atoms with E-state index >= 15 is 0 Å². The summed E-state index contributed by atoms with van der Waals surface area (Å²) >= 11 is 0. The van der Waals surface area contributed by atoms with Crippen molar-refractivity contribution in [1.29, 1.82) is 0 Å². The zero-order valence-electron chi connectivity index (χ0n) is 11.5. The van der Waals surface area contributed by atoms with Crippen LogP contribution in [-0.2, 0) is 6.18 Å². The lowest BCUT2D eigenvalue weighted by molar-refractivity contribution is -0.144. The van der Waals surface area contributed by atoms with Crippen LogP contribution < -0.4 is 4.74 Å². The second-order valence-electron chi connectivity index (χ2n) is 4.46. The molecular formula is C15H9F3N4O. The van der Waals surface area contributed by atoms with Gasteiger partial charge in [-0.1, -0.05) is 18.2 Å². The molecule has 0 N–H and O–H groups in total. The minimum absolute atomic E-state index is 0.132. The zero-order chi connectivity index (χ0) is 16.3. The molecule has 3 aromatic rings. The Bertz CT molecular complexity index is 775. The summed E-state index contributed by atoms with van der Waals surface area (Å²) in [7, 11) is 0. The highest BCUT2D eigenvalue weighted by Gasteiger charge is 2.34. The van der Waals surface area contributed by atoms with Gasteiger partial charge in [0.2, 0.25) is 5.82 Å². The number of benzene rings is 1. The maximum atomic E-state index is 12.4. The number of rotatable bonds is 3. The molecule has 0 atom stereocenters. The van der Waals surface area contributed by atoms with Crippen molar-refractivity contribution < 1.29 is 17.9 Å². The first-order valence-electron chi connectivity index (χ1n) is 6.47. The summed E-state index contributed by atoms with van der Waals surface area (Å²) in [5, 5.41) is 0. The minimum atomic E-state index is -4.57. The summed E-state index contributed by atoms with van der Waals surface area (Å²) < 4.78 is 42.7. The van der Waals surface area contributed by atoms with Gasteiger partial charge < -0.3 is 4.74 Å². The fourth-order valence-corrected chi connectivity index (χ4v) is 1.74. The van der Waals surface area contributed by atoms with Crippen molar-refractivity contribution in [3.05, 3.63) is 60.9 Å². The Labute approximate surface area is 128 Å². The van der Waals surface area contributed by atoms with E-state index in [0.717, 1.165) is 12.4 Å². The van der Waals surface area contributed by atoms with Gasteiger partial charge in [-0.25, -0.2) is 19.9 Å². The maximum Gasteiger partial charge on any atom is 0.451 e. The van der Waals surface area contributed by atoms with E-state index in [2.05, 4.69) is 19.9 Å². The molecule has 0 saturated carbocycles. The van der Waals surface area contributed by atoms with Gasteiger partial charge in [-0.2, -0.15) is 13.2 Å². The molecule has 23 heavy (non-hydrogen) atoms. The second kappa shape index (κ2) is 5.99. The minimum Gasteiger partial charge on any atom is -0.424 e. The van der Waals surface area contributed by atoms with E-state index in [0.29, 0.717) is 16.9 Å². The van der Waals surface area contributed by atoms with Crippen molar-refractivity contribution in [1.82, 2.24) is 19.9 Å². The predicted molar refractivity (Wildman–Crippen MR) is 74.6 cm³/mol. The van der Waals surface area contributed by atoms with E-state index in [9.17, 15) is 13.2 Å². The van der Waals surface area contributed by atoms with Crippen molar-refractivity contribution in [3.8, 4) is 22.9 Å². The van der Waals surface area contributed by atoms with Crippen LogP contribution in [0.4, 0.5) is 13.2 Å². The van der Waals surface area contributed by atoms with Gasteiger partial charge in [0.25, 0.3) is 0 Å². The molecule has 2 aromatic heterocycles. The molecule has 0 bridgehead atoms. The van der Waals surface area contributed by atoms with Crippen LogP contribution >= 0.6 is 0 Å². The van der Waals surface area contributed by atoms with Gasteiger partial charge >= 0.3 is 12.2 Å². The lowest BCUT2D eigenvalue weighted by Gasteiger charge is -2.06. The summed E-state index contributed by atoms with van der Waals surface area (Å²) in [5.41, 5.74) is 0.864. The molecule has 0 spiro atoms. The fourth-order valence-electron chi connectivity index (χ4n) is 1.74. The van der Waals surface area contributed by atoms with Crippen LogP contribution in [0.3, 0.4) is 0 Å². The Kier molecular flexibility index (Phi) is 3.88. The van der Waals surface area contributed by atoms with Crippen LogP contribution in [0.2, 0.25) is 0 Å². The molecule has 0 aliphatic rings. The van der Waals surface area contributed by atoms with Crippen molar-refractivity contribution in [2.75, 3.05) is 0 Å². The van der Waals surface area contributed by atoms with Crippen LogP contribution in [0.5, 0.6) is 11.8 Å². The molecule has 0 unspecified atom stereocenters. The Morgan fingerprint density at radius 3 is 1.78 bits per heavy atom. The molecule has 0 aliphatic carbocycles. The maximum absolute atomic E-state index is 12.4. The quantitative estimate of drug-likeness (QED) is 0.736. The van der Waals surface area contributed by atoms with Gasteiger partial charge in [-0.05, 0) is 12.1 Å². The SMILES string of the molecule is FC(F)(F)c1ncc(-c2cnc(Oc3ccccc3)nc2)cn1. The van der Waals surface area contributed by atoms with Gasteiger partial charge in [0.15, 0.2) is 0 Å². The Morgan fingerprint density at radius 1 is 0.739 bits per heavy atom. The number of para-hydroxylation sites is 1. The Balaban J connectivity index is 1.77. The summed E-state index contributed by atoms with van der Waals surface area (Å²) in [4.78, 5) is 14.6. The fraction of sp³-hybridized carbons (Fsp3) is 0.0667. The number of ether oxygens (including phenoxy) is 1. The highest BCUT2D eigenvalue weighted by atomic mass is 19.4. The number of hydrogen-bond donors (Lipinski definition) is 0. The standard InChI is InChI=1S/C15H9F3N4O/c16-15(17,18)13-19-6-10(7-20-13)11-8-21-14(22-9-11)23-12-4-2-1-3-5-12/h1-9H. The third kappa shape index (κ3) is 3.60. The van der Waals surface area contributed by atoms with Crippen LogP contribution in [-0.4, -0.2) is 19.9 Å². The van der Waals surface area contributed by atoms with E-state index in [1.807, 2.05) is 18.2 Å². The second-order valence-corrected chi connectivity index (χ2v) is 4.46. The summed E-state index contributed by atoms with van der Waals surface area (Å²) in [6, 6.07) is 9.10. The van der Waals surface area contributed by atoms with Crippen molar-refractivity contribution in [2.24, 2.45) is 0 Å². The first-order chi connectivity index (χ1) is 11.0. The monoisotopic (exact) mass is 318 g/mol. The molecule has 0 amide bonds. The molecule has 116 valence electrons. The van der Waals surface area contributed by atoms with Crippen LogP contribution in [0.15, 0.2) is 55.1 Å². The lowest BCUT2D eigenvalue weighted by atomic mass is 10.2.